The Labute approximate surface area is 146 Å². The summed E-state index contributed by atoms with van der Waals surface area (Å²) in [5, 5.41) is 11.3. The van der Waals surface area contributed by atoms with Gasteiger partial charge in [0.2, 0.25) is 0 Å². The minimum Gasteiger partial charge on any atom is -0.464 e. The van der Waals surface area contributed by atoms with Gasteiger partial charge in [0, 0.05) is 30.9 Å². The zero-order valence-electron chi connectivity index (χ0n) is 14.7. The van der Waals surface area contributed by atoms with Gasteiger partial charge in [-0.15, -0.1) is 10.2 Å². The van der Waals surface area contributed by atoms with E-state index in [1.54, 1.807) is 12.1 Å². The number of rotatable bonds is 4. The van der Waals surface area contributed by atoms with E-state index in [1.807, 2.05) is 19.9 Å². The standard InChI is InChI=1S/C17H22N6O2/c1-11-10-16(19-12(2)18-11)23-8-6-13(7-9-23)20-15-5-4-14(21-22-15)17(24)25-3/h4-5,10,13H,6-9H2,1-3H3,(H,20,22). The Morgan fingerprint density at radius 3 is 2.56 bits per heavy atom. The molecule has 1 N–H and O–H groups in total. The number of ether oxygens (including phenoxy) is 1. The maximum atomic E-state index is 11.4. The molecule has 0 unspecified atom stereocenters. The fraction of sp³-hybridized carbons (Fsp3) is 0.471. The molecule has 1 aliphatic rings. The van der Waals surface area contributed by atoms with Crippen molar-refractivity contribution >= 4 is 17.6 Å². The predicted octanol–water partition coefficient (Wildman–Crippen LogP) is 1.75. The number of nitrogens with one attached hydrogen (secondary N) is 1. The zero-order valence-corrected chi connectivity index (χ0v) is 14.7. The molecule has 1 saturated heterocycles. The first-order valence-electron chi connectivity index (χ1n) is 8.31. The number of piperidine rings is 1. The highest BCUT2D eigenvalue weighted by molar-refractivity contribution is 5.86. The average Bonchev–Trinajstić information content (AvgIpc) is 2.61. The Morgan fingerprint density at radius 1 is 1.20 bits per heavy atom. The summed E-state index contributed by atoms with van der Waals surface area (Å²) in [5.41, 5.74) is 1.20. The molecule has 3 heterocycles. The lowest BCUT2D eigenvalue weighted by atomic mass is 10.0. The van der Waals surface area contributed by atoms with Gasteiger partial charge in [0.05, 0.1) is 7.11 Å². The Balaban J connectivity index is 1.56. The molecule has 0 atom stereocenters. The van der Waals surface area contributed by atoms with E-state index in [2.05, 4.69) is 35.1 Å². The SMILES string of the molecule is COC(=O)c1ccc(NC2CCN(c3cc(C)nc(C)n3)CC2)nn1. The number of carbonyl (C=O) groups is 1. The lowest BCUT2D eigenvalue weighted by Crippen LogP contribution is -2.39. The van der Waals surface area contributed by atoms with E-state index in [9.17, 15) is 4.79 Å². The van der Waals surface area contributed by atoms with Crippen LogP contribution in [-0.4, -0.2) is 52.4 Å². The topological polar surface area (TPSA) is 93.1 Å². The Hall–Kier alpha value is -2.77. The largest absolute Gasteiger partial charge is 0.464 e. The summed E-state index contributed by atoms with van der Waals surface area (Å²) in [5.74, 6) is 1.98. The van der Waals surface area contributed by atoms with Crippen LogP contribution < -0.4 is 10.2 Å². The maximum Gasteiger partial charge on any atom is 0.358 e. The van der Waals surface area contributed by atoms with Crippen molar-refractivity contribution in [1.29, 1.82) is 0 Å². The molecular formula is C17H22N6O2. The van der Waals surface area contributed by atoms with E-state index in [0.717, 1.165) is 43.3 Å². The van der Waals surface area contributed by atoms with Gasteiger partial charge in [0.25, 0.3) is 0 Å². The monoisotopic (exact) mass is 342 g/mol. The molecule has 1 fully saturated rings. The molecule has 1 aliphatic heterocycles. The number of anilines is 2. The molecule has 0 spiro atoms. The maximum absolute atomic E-state index is 11.4. The van der Waals surface area contributed by atoms with Crippen LogP contribution in [0.4, 0.5) is 11.6 Å². The van der Waals surface area contributed by atoms with Gasteiger partial charge >= 0.3 is 5.97 Å². The third-order valence-electron chi connectivity index (χ3n) is 4.18. The molecule has 0 amide bonds. The molecule has 0 aliphatic carbocycles. The first kappa shape index (κ1) is 17.1. The van der Waals surface area contributed by atoms with Gasteiger partial charge in [-0.05, 0) is 38.8 Å². The molecule has 3 rings (SSSR count). The molecule has 132 valence electrons. The molecule has 8 nitrogen and oxygen atoms in total. The van der Waals surface area contributed by atoms with Crippen LogP contribution >= 0.6 is 0 Å². The van der Waals surface area contributed by atoms with Gasteiger partial charge in [-0.3, -0.25) is 0 Å². The fourth-order valence-electron chi connectivity index (χ4n) is 2.94. The van der Waals surface area contributed by atoms with E-state index in [0.29, 0.717) is 11.9 Å². The van der Waals surface area contributed by atoms with Crippen LogP contribution in [-0.2, 0) is 4.74 Å². The number of nitrogens with zero attached hydrogens (tertiary/aromatic N) is 5. The van der Waals surface area contributed by atoms with Crippen molar-refractivity contribution in [2.75, 3.05) is 30.4 Å². The summed E-state index contributed by atoms with van der Waals surface area (Å²) in [4.78, 5) is 22.5. The second-order valence-corrected chi connectivity index (χ2v) is 6.12. The Morgan fingerprint density at radius 2 is 1.96 bits per heavy atom. The summed E-state index contributed by atoms with van der Waals surface area (Å²) in [7, 11) is 1.32. The van der Waals surface area contributed by atoms with Crippen molar-refractivity contribution in [1.82, 2.24) is 20.2 Å². The van der Waals surface area contributed by atoms with Gasteiger partial charge in [-0.2, -0.15) is 0 Å². The number of hydrogen-bond acceptors (Lipinski definition) is 8. The number of methoxy groups -OCH3 is 1. The Kier molecular flexibility index (Phi) is 5.06. The van der Waals surface area contributed by atoms with Crippen molar-refractivity contribution in [3.63, 3.8) is 0 Å². The van der Waals surface area contributed by atoms with Crippen molar-refractivity contribution in [3.8, 4) is 0 Å². The first-order chi connectivity index (χ1) is 12.0. The number of aromatic nitrogens is 4. The molecule has 0 aromatic carbocycles. The minimum absolute atomic E-state index is 0.206. The van der Waals surface area contributed by atoms with E-state index < -0.39 is 5.97 Å². The normalized spacial score (nSPS) is 15.1. The average molecular weight is 342 g/mol. The van der Waals surface area contributed by atoms with Crippen LogP contribution in [0.25, 0.3) is 0 Å². The zero-order chi connectivity index (χ0) is 17.8. The lowest BCUT2D eigenvalue weighted by Gasteiger charge is -2.33. The van der Waals surface area contributed by atoms with Crippen LogP contribution in [0.5, 0.6) is 0 Å². The smallest absolute Gasteiger partial charge is 0.358 e. The summed E-state index contributed by atoms with van der Waals surface area (Å²) in [6.45, 7) is 5.74. The van der Waals surface area contributed by atoms with Crippen molar-refractivity contribution in [3.05, 3.63) is 35.4 Å². The van der Waals surface area contributed by atoms with Gasteiger partial charge in [0.1, 0.15) is 17.5 Å². The van der Waals surface area contributed by atoms with Crippen LogP contribution in [0.15, 0.2) is 18.2 Å². The molecule has 0 bridgehead atoms. The van der Waals surface area contributed by atoms with E-state index in [-0.39, 0.29) is 5.69 Å². The molecular weight excluding hydrogens is 320 g/mol. The summed E-state index contributed by atoms with van der Waals surface area (Å²) in [6, 6.07) is 5.71. The lowest BCUT2D eigenvalue weighted by molar-refractivity contribution is 0.0593. The van der Waals surface area contributed by atoms with Gasteiger partial charge in [-0.1, -0.05) is 0 Å². The molecule has 0 saturated carbocycles. The highest BCUT2D eigenvalue weighted by Gasteiger charge is 2.21. The number of esters is 1. The van der Waals surface area contributed by atoms with Crippen molar-refractivity contribution in [2.45, 2.75) is 32.7 Å². The summed E-state index contributed by atoms with van der Waals surface area (Å²) < 4.78 is 4.62. The fourth-order valence-corrected chi connectivity index (χ4v) is 2.94. The predicted molar refractivity (Wildman–Crippen MR) is 93.7 cm³/mol. The highest BCUT2D eigenvalue weighted by atomic mass is 16.5. The molecule has 2 aromatic rings. The number of aryl methyl sites for hydroxylation is 2. The summed E-state index contributed by atoms with van der Waals surface area (Å²) >= 11 is 0. The summed E-state index contributed by atoms with van der Waals surface area (Å²) in [6.07, 6.45) is 1.95. The van der Waals surface area contributed by atoms with Crippen LogP contribution in [0.2, 0.25) is 0 Å². The van der Waals surface area contributed by atoms with Crippen LogP contribution in [0.1, 0.15) is 34.8 Å². The Bertz CT molecular complexity index is 721. The van der Waals surface area contributed by atoms with Crippen LogP contribution in [0, 0.1) is 13.8 Å². The molecule has 8 heteroatoms. The van der Waals surface area contributed by atoms with Gasteiger partial charge in [0.15, 0.2) is 5.69 Å². The molecule has 25 heavy (non-hydrogen) atoms. The second-order valence-electron chi connectivity index (χ2n) is 6.12. The van der Waals surface area contributed by atoms with Crippen molar-refractivity contribution < 1.29 is 9.53 Å². The number of carbonyl (C=O) groups excluding carboxylic acids is 1. The highest BCUT2D eigenvalue weighted by Crippen LogP contribution is 2.20. The molecule has 2 aromatic heterocycles. The quantitative estimate of drug-likeness (QED) is 0.840. The molecule has 0 radical (unpaired) electrons. The van der Waals surface area contributed by atoms with E-state index in [4.69, 9.17) is 0 Å². The van der Waals surface area contributed by atoms with E-state index >= 15 is 0 Å². The van der Waals surface area contributed by atoms with Crippen LogP contribution in [0.3, 0.4) is 0 Å². The first-order valence-corrected chi connectivity index (χ1v) is 8.31. The third-order valence-corrected chi connectivity index (χ3v) is 4.18. The third kappa shape index (κ3) is 4.20. The van der Waals surface area contributed by atoms with Crippen molar-refractivity contribution in [2.24, 2.45) is 0 Å². The van der Waals surface area contributed by atoms with Gasteiger partial charge in [-0.25, -0.2) is 14.8 Å². The minimum atomic E-state index is -0.484. The number of hydrogen-bond donors (Lipinski definition) is 1. The second kappa shape index (κ2) is 7.42. The van der Waals surface area contributed by atoms with E-state index in [1.165, 1.54) is 7.11 Å². The van der Waals surface area contributed by atoms with Gasteiger partial charge < -0.3 is 15.0 Å².